The molecule has 1 aliphatic carbocycles. The molecule has 8 heteroatoms. The molecule has 4 rings (SSSR count). The number of aromatic nitrogens is 2. The van der Waals surface area contributed by atoms with Crippen LogP contribution in [0.1, 0.15) is 36.9 Å². The lowest BCUT2D eigenvalue weighted by atomic mass is 9.88. The van der Waals surface area contributed by atoms with E-state index in [0.717, 1.165) is 35.0 Å². The Morgan fingerprint density at radius 3 is 2.87 bits per heavy atom. The smallest absolute Gasteiger partial charge is 0.233 e. The average molecular weight is 441 g/mol. The minimum Gasteiger partial charge on any atom is -0.495 e. The second kappa shape index (κ2) is 9.49. The molecular formula is C22H24N4O2S2. The Bertz CT molecular complexity index is 1020. The molecule has 156 valence electrons. The molecule has 0 bridgehead atoms. The van der Waals surface area contributed by atoms with Crippen LogP contribution in [-0.2, 0) is 11.2 Å². The van der Waals surface area contributed by atoms with Crippen LogP contribution in [0.25, 0.3) is 0 Å². The van der Waals surface area contributed by atoms with Gasteiger partial charge in [-0.2, -0.15) is 0 Å². The van der Waals surface area contributed by atoms with Crippen molar-refractivity contribution in [2.75, 3.05) is 12.4 Å². The molecule has 30 heavy (non-hydrogen) atoms. The normalized spacial score (nSPS) is 16.4. The summed E-state index contributed by atoms with van der Waals surface area (Å²) in [7, 11) is 1.63. The van der Waals surface area contributed by atoms with Crippen molar-refractivity contribution in [3.05, 3.63) is 59.7 Å². The second-order valence-electron chi connectivity index (χ2n) is 7.11. The number of carbonyl (C=O) groups excluding carboxylic acids is 1. The highest BCUT2D eigenvalue weighted by Gasteiger charge is 2.24. The Hall–Kier alpha value is -2.58. The summed E-state index contributed by atoms with van der Waals surface area (Å²) in [4.78, 5) is 12.8. The highest BCUT2D eigenvalue weighted by atomic mass is 32.2. The zero-order chi connectivity index (χ0) is 20.9. The molecule has 0 spiro atoms. The van der Waals surface area contributed by atoms with E-state index >= 15 is 0 Å². The first-order valence-corrected chi connectivity index (χ1v) is 11.6. The SMILES string of the molecule is COc1ccccc1Nc1nnc(S[C@H](C)C(=O)N[C@H]2CCCc3ccccc32)s1. The van der Waals surface area contributed by atoms with Gasteiger partial charge in [-0.05, 0) is 49.4 Å². The predicted molar refractivity (Wildman–Crippen MR) is 122 cm³/mol. The Balaban J connectivity index is 1.36. The summed E-state index contributed by atoms with van der Waals surface area (Å²) in [5.74, 6) is 0.763. The summed E-state index contributed by atoms with van der Waals surface area (Å²) in [5.41, 5.74) is 3.41. The van der Waals surface area contributed by atoms with E-state index in [2.05, 4.69) is 39.0 Å². The standard InChI is InChI=1S/C22H24N4O2S2/c1-14(20(27)23-17-12-7-9-15-8-3-4-10-16(15)17)29-22-26-25-21(30-22)24-18-11-5-6-13-19(18)28-2/h3-6,8,10-11,13-14,17H,7,9,12H2,1-2H3,(H,23,27)(H,24,25)/t14-,17+/m1/s1. The average Bonchev–Trinajstić information content (AvgIpc) is 3.21. The van der Waals surface area contributed by atoms with Crippen LogP contribution in [0.5, 0.6) is 5.75 Å². The molecule has 1 heterocycles. The number of nitrogens with one attached hydrogen (secondary N) is 2. The fourth-order valence-corrected chi connectivity index (χ4v) is 5.49. The predicted octanol–water partition coefficient (Wildman–Crippen LogP) is 4.96. The van der Waals surface area contributed by atoms with Crippen LogP contribution in [0.15, 0.2) is 52.9 Å². The number of hydrogen-bond donors (Lipinski definition) is 2. The highest BCUT2D eigenvalue weighted by Crippen LogP contribution is 2.34. The molecule has 2 aromatic carbocycles. The van der Waals surface area contributed by atoms with Crippen molar-refractivity contribution in [2.24, 2.45) is 0 Å². The number of hydrogen-bond acceptors (Lipinski definition) is 7. The Labute approximate surface area is 184 Å². The Morgan fingerprint density at radius 1 is 1.20 bits per heavy atom. The molecule has 0 radical (unpaired) electrons. The van der Waals surface area contributed by atoms with Crippen LogP contribution >= 0.6 is 23.1 Å². The van der Waals surface area contributed by atoms with Crippen molar-refractivity contribution in [2.45, 2.75) is 41.8 Å². The van der Waals surface area contributed by atoms with Crippen molar-refractivity contribution in [3.8, 4) is 5.75 Å². The molecule has 1 aliphatic rings. The molecule has 2 atom stereocenters. The number of amides is 1. The van der Waals surface area contributed by atoms with Gasteiger partial charge >= 0.3 is 0 Å². The van der Waals surface area contributed by atoms with E-state index in [-0.39, 0.29) is 17.2 Å². The van der Waals surface area contributed by atoms with Crippen molar-refractivity contribution in [1.29, 1.82) is 0 Å². The first-order chi connectivity index (χ1) is 14.6. The minimum atomic E-state index is -0.258. The number of methoxy groups -OCH3 is 1. The lowest BCUT2D eigenvalue weighted by molar-refractivity contribution is -0.121. The molecule has 3 aromatic rings. The second-order valence-corrected chi connectivity index (χ2v) is 9.68. The van der Waals surface area contributed by atoms with Crippen LogP contribution in [-0.4, -0.2) is 28.5 Å². The number of aryl methyl sites for hydroxylation is 1. The third kappa shape index (κ3) is 4.76. The number of ether oxygens (including phenoxy) is 1. The molecule has 2 N–H and O–H groups in total. The minimum absolute atomic E-state index is 0.0242. The van der Waals surface area contributed by atoms with Crippen molar-refractivity contribution in [1.82, 2.24) is 15.5 Å². The maximum Gasteiger partial charge on any atom is 0.233 e. The van der Waals surface area contributed by atoms with Crippen LogP contribution < -0.4 is 15.4 Å². The number of para-hydroxylation sites is 2. The van der Waals surface area contributed by atoms with Gasteiger partial charge in [-0.15, -0.1) is 10.2 Å². The van der Waals surface area contributed by atoms with E-state index < -0.39 is 0 Å². The van der Waals surface area contributed by atoms with E-state index in [1.54, 1.807) is 7.11 Å². The van der Waals surface area contributed by atoms with Crippen molar-refractivity contribution < 1.29 is 9.53 Å². The number of rotatable bonds is 7. The maximum atomic E-state index is 12.8. The number of carbonyl (C=O) groups is 1. The summed E-state index contributed by atoms with van der Waals surface area (Å²) < 4.78 is 6.10. The zero-order valence-corrected chi connectivity index (χ0v) is 18.6. The van der Waals surface area contributed by atoms with Crippen LogP contribution in [0.3, 0.4) is 0 Å². The van der Waals surface area contributed by atoms with Gasteiger partial charge in [0.15, 0.2) is 4.34 Å². The van der Waals surface area contributed by atoms with E-state index in [1.807, 2.05) is 37.3 Å². The van der Waals surface area contributed by atoms with Gasteiger partial charge in [0.25, 0.3) is 0 Å². The van der Waals surface area contributed by atoms with E-state index in [9.17, 15) is 4.79 Å². The van der Waals surface area contributed by atoms with Gasteiger partial charge in [0, 0.05) is 0 Å². The summed E-state index contributed by atoms with van der Waals surface area (Å²) in [6.07, 6.45) is 3.16. The number of benzene rings is 2. The monoisotopic (exact) mass is 440 g/mol. The third-order valence-corrected chi connectivity index (χ3v) is 7.11. The Kier molecular flexibility index (Phi) is 6.54. The molecule has 0 saturated carbocycles. The first kappa shape index (κ1) is 20.7. The number of fused-ring (bicyclic) bond motifs is 1. The number of thioether (sulfide) groups is 1. The van der Waals surface area contributed by atoms with E-state index in [1.165, 1.54) is 34.2 Å². The molecule has 6 nitrogen and oxygen atoms in total. The fraction of sp³-hybridized carbons (Fsp3) is 0.318. The molecule has 0 aliphatic heterocycles. The Morgan fingerprint density at radius 2 is 2.00 bits per heavy atom. The van der Waals surface area contributed by atoms with Gasteiger partial charge in [0.1, 0.15) is 5.75 Å². The number of nitrogens with zero attached hydrogens (tertiary/aromatic N) is 2. The van der Waals surface area contributed by atoms with Gasteiger partial charge in [-0.3, -0.25) is 4.79 Å². The molecule has 0 fully saturated rings. The lowest BCUT2D eigenvalue weighted by Crippen LogP contribution is -2.35. The van der Waals surface area contributed by atoms with Gasteiger partial charge in [0.05, 0.1) is 24.1 Å². The molecule has 0 saturated heterocycles. The van der Waals surface area contributed by atoms with Gasteiger partial charge in [0.2, 0.25) is 11.0 Å². The topological polar surface area (TPSA) is 76.1 Å². The van der Waals surface area contributed by atoms with Crippen molar-refractivity contribution >= 4 is 39.8 Å². The van der Waals surface area contributed by atoms with Crippen LogP contribution in [0, 0.1) is 0 Å². The fourth-order valence-electron chi connectivity index (χ4n) is 3.57. The van der Waals surface area contributed by atoms with Crippen LogP contribution in [0.4, 0.5) is 10.8 Å². The van der Waals surface area contributed by atoms with E-state index in [0.29, 0.717) is 5.13 Å². The summed E-state index contributed by atoms with van der Waals surface area (Å²) in [6.45, 7) is 1.91. The first-order valence-electron chi connectivity index (χ1n) is 9.92. The van der Waals surface area contributed by atoms with E-state index in [4.69, 9.17) is 4.74 Å². The quantitative estimate of drug-likeness (QED) is 0.506. The summed E-state index contributed by atoms with van der Waals surface area (Å²) >= 11 is 2.85. The highest BCUT2D eigenvalue weighted by molar-refractivity contribution is 8.02. The number of anilines is 2. The molecular weight excluding hydrogens is 416 g/mol. The molecule has 0 unspecified atom stereocenters. The van der Waals surface area contributed by atoms with Crippen molar-refractivity contribution in [3.63, 3.8) is 0 Å². The maximum absolute atomic E-state index is 12.8. The lowest BCUT2D eigenvalue weighted by Gasteiger charge is -2.27. The molecule has 1 aromatic heterocycles. The zero-order valence-electron chi connectivity index (χ0n) is 16.9. The summed E-state index contributed by atoms with van der Waals surface area (Å²) in [5, 5.41) is 15.3. The molecule has 1 amide bonds. The largest absolute Gasteiger partial charge is 0.495 e. The summed E-state index contributed by atoms with van der Waals surface area (Å²) in [6, 6.07) is 16.1. The van der Waals surface area contributed by atoms with Gasteiger partial charge in [-0.25, -0.2) is 0 Å². The van der Waals surface area contributed by atoms with Crippen LogP contribution in [0.2, 0.25) is 0 Å². The van der Waals surface area contributed by atoms with Gasteiger partial charge in [-0.1, -0.05) is 59.5 Å². The van der Waals surface area contributed by atoms with Gasteiger partial charge < -0.3 is 15.4 Å². The third-order valence-electron chi connectivity index (χ3n) is 5.09.